The number of hydrogen-bond donors (Lipinski definition) is 5. The SMILES string of the molecule is CCCC(CC(=O)O)NC(=O)N[C@@H](CCC(=O)O)C(=O)O. The molecular formula is C12H20N2O7. The van der Waals surface area contributed by atoms with Crippen molar-refractivity contribution in [1.82, 2.24) is 10.6 Å². The van der Waals surface area contributed by atoms with E-state index in [1.54, 1.807) is 0 Å². The highest BCUT2D eigenvalue weighted by Crippen LogP contribution is 2.03. The van der Waals surface area contributed by atoms with Gasteiger partial charge >= 0.3 is 23.9 Å². The number of aliphatic carboxylic acids is 3. The molecule has 21 heavy (non-hydrogen) atoms. The van der Waals surface area contributed by atoms with Gasteiger partial charge < -0.3 is 26.0 Å². The first-order valence-corrected chi connectivity index (χ1v) is 6.49. The van der Waals surface area contributed by atoms with E-state index in [4.69, 9.17) is 15.3 Å². The second kappa shape index (κ2) is 9.56. The molecule has 0 saturated heterocycles. The molecular weight excluding hydrogens is 284 g/mol. The summed E-state index contributed by atoms with van der Waals surface area (Å²) in [7, 11) is 0. The molecule has 0 aromatic carbocycles. The fourth-order valence-corrected chi connectivity index (χ4v) is 1.70. The molecule has 0 aromatic heterocycles. The van der Waals surface area contributed by atoms with Gasteiger partial charge in [0.2, 0.25) is 0 Å². The van der Waals surface area contributed by atoms with Gasteiger partial charge in [0.05, 0.1) is 6.42 Å². The summed E-state index contributed by atoms with van der Waals surface area (Å²) in [6.07, 6.45) is 0.167. The van der Waals surface area contributed by atoms with Crippen molar-refractivity contribution in [3.63, 3.8) is 0 Å². The van der Waals surface area contributed by atoms with Gasteiger partial charge in [0.15, 0.2) is 0 Å². The number of hydrogen-bond acceptors (Lipinski definition) is 4. The summed E-state index contributed by atoms with van der Waals surface area (Å²) in [6, 6.07) is -2.78. The highest BCUT2D eigenvalue weighted by atomic mass is 16.4. The molecule has 0 aliphatic heterocycles. The van der Waals surface area contributed by atoms with Crippen LogP contribution in [-0.4, -0.2) is 51.3 Å². The number of carbonyl (C=O) groups excluding carboxylic acids is 1. The standard InChI is InChI=1S/C12H20N2O7/c1-2-3-7(6-10(17)18)13-12(21)14-8(11(19)20)4-5-9(15)16/h7-8H,2-6H2,1H3,(H,15,16)(H,17,18)(H,19,20)(H2,13,14,21)/t7?,8-/m0/s1. The number of nitrogens with one attached hydrogen (secondary N) is 2. The van der Waals surface area contributed by atoms with Gasteiger partial charge in [0.25, 0.3) is 0 Å². The van der Waals surface area contributed by atoms with E-state index < -0.39 is 42.4 Å². The quantitative estimate of drug-likeness (QED) is 0.387. The lowest BCUT2D eigenvalue weighted by atomic mass is 10.1. The van der Waals surface area contributed by atoms with Crippen LogP contribution in [0.4, 0.5) is 4.79 Å². The first-order chi connectivity index (χ1) is 9.76. The third kappa shape index (κ3) is 9.25. The predicted molar refractivity (Wildman–Crippen MR) is 70.9 cm³/mol. The number of carboxylic acid groups (broad SMARTS) is 3. The van der Waals surface area contributed by atoms with E-state index in [1.165, 1.54) is 0 Å². The van der Waals surface area contributed by atoms with Gasteiger partial charge in [-0.3, -0.25) is 9.59 Å². The summed E-state index contributed by atoms with van der Waals surface area (Å²) in [6.45, 7) is 1.82. The van der Waals surface area contributed by atoms with Crippen LogP contribution in [-0.2, 0) is 14.4 Å². The topological polar surface area (TPSA) is 153 Å². The zero-order chi connectivity index (χ0) is 16.4. The minimum absolute atomic E-state index is 0.255. The first-order valence-electron chi connectivity index (χ1n) is 6.49. The van der Waals surface area contributed by atoms with Crippen molar-refractivity contribution in [2.24, 2.45) is 0 Å². The molecule has 2 atom stereocenters. The Balaban J connectivity index is 4.48. The van der Waals surface area contributed by atoms with E-state index in [2.05, 4.69) is 10.6 Å². The molecule has 120 valence electrons. The molecule has 0 rings (SSSR count). The molecule has 0 radical (unpaired) electrons. The van der Waals surface area contributed by atoms with Crippen LogP contribution in [0.3, 0.4) is 0 Å². The number of rotatable bonds is 10. The van der Waals surface area contributed by atoms with Crippen LogP contribution in [0.25, 0.3) is 0 Å². The van der Waals surface area contributed by atoms with Crippen molar-refractivity contribution < 1.29 is 34.5 Å². The summed E-state index contributed by atoms with van der Waals surface area (Å²) in [4.78, 5) is 43.6. The van der Waals surface area contributed by atoms with E-state index in [1.807, 2.05) is 6.92 Å². The van der Waals surface area contributed by atoms with Crippen LogP contribution >= 0.6 is 0 Å². The zero-order valence-electron chi connectivity index (χ0n) is 11.7. The molecule has 0 fully saturated rings. The van der Waals surface area contributed by atoms with Gasteiger partial charge in [0, 0.05) is 12.5 Å². The maximum atomic E-state index is 11.6. The minimum atomic E-state index is -1.35. The average molecular weight is 304 g/mol. The molecule has 9 heteroatoms. The molecule has 5 N–H and O–H groups in total. The van der Waals surface area contributed by atoms with E-state index in [-0.39, 0.29) is 12.8 Å². The van der Waals surface area contributed by atoms with Gasteiger partial charge in [-0.1, -0.05) is 13.3 Å². The van der Waals surface area contributed by atoms with Crippen molar-refractivity contribution in [2.75, 3.05) is 0 Å². The Morgan fingerprint density at radius 1 is 0.952 bits per heavy atom. The van der Waals surface area contributed by atoms with Crippen LogP contribution in [0.5, 0.6) is 0 Å². The van der Waals surface area contributed by atoms with Crippen LogP contribution in [0.15, 0.2) is 0 Å². The zero-order valence-corrected chi connectivity index (χ0v) is 11.7. The molecule has 9 nitrogen and oxygen atoms in total. The van der Waals surface area contributed by atoms with Crippen molar-refractivity contribution in [3.05, 3.63) is 0 Å². The molecule has 0 aliphatic rings. The van der Waals surface area contributed by atoms with Gasteiger partial charge in [-0.05, 0) is 12.8 Å². The van der Waals surface area contributed by atoms with E-state index in [0.29, 0.717) is 12.8 Å². The van der Waals surface area contributed by atoms with Gasteiger partial charge in [-0.15, -0.1) is 0 Å². The molecule has 2 amide bonds. The summed E-state index contributed by atoms with van der Waals surface area (Å²) in [5.74, 6) is -3.59. The summed E-state index contributed by atoms with van der Waals surface area (Å²) < 4.78 is 0. The van der Waals surface area contributed by atoms with Crippen molar-refractivity contribution in [3.8, 4) is 0 Å². The van der Waals surface area contributed by atoms with Gasteiger partial charge in [-0.25, -0.2) is 9.59 Å². The second-order valence-corrected chi connectivity index (χ2v) is 4.52. The maximum Gasteiger partial charge on any atom is 0.326 e. The van der Waals surface area contributed by atoms with E-state index >= 15 is 0 Å². The summed E-state index contributed by atoms with van der Waals surface area (Å²) in [5, 5.41) is 30.6. The highest BCUT2D eigenvalue weighted by molar-refractivity contribution is 5.83. The molecule has 0 saturated carbocycles. The Labute approximate surface area is 121 Å². The fourth-order valence-electron chi connectivity index (χ4n) is 1.70. The Hall–Kier alpha value is -2.32. The Morgan fingerprint density at radius 3 is 2.00 bits per heavy atom. The smallest absolute Gasteiger partial charge is 0.326 e. The van der Waals surface area contributed by atoms with Crippen molar-refractivity contribution in [2.45, 2.75) is 51.1 Å². The molecule has 0 heterocycles. The normalized spacial score (nSPS) is 13.0. The molecule has 0 bridgehead atoms. The molecule has 1 unspecified atom stereocenters. The fraction of sp³-hybridized carbons (Fsp3) is 0.667. The van der Waals surface area contributed by atoms with E-state index in [9.17, 15) is 19.2 Å². The van der Waals surface area contributed by atoms with Crippen LogP contribution in [0, 0.1) is 0 Å². The largest absolute Gasteiger partial charge is 0.481 e. The molecule has 0 spiro atoms. The van der Waals surface area contributed by atoms with Gasteiger partial charge in [0.1, 0.15) is 6.04 Å². The molecule has 0 aromatic rings. The summed E-state index contributed by atoms with van der Waals surface area (Å²) in [5.41, 5.74) is 0. The first kappa shape index (κ1) is 18.7. The number of urea groups is 1. The van der Waals surface area contributed by atoms with Crippen LogP contribution in [0.1, 0.15) is 39.0 Å². The summed E-state index contributed by atoms with van der Waals surface area (Å²) >= 11 is 0. The number of carbonyl (C=O) groups is 4. The van der Waals surface area contributed by atoms with Gasteiger partial charge in [-0.2, -0.15) is 0 Å². The Bertz CT molecular complexity index is 397. The Morgan fingerprint density at radius 2 is 1.57 bits per heavy atom. The lowest BCUT2D eigenvalue weighted by Crippen LogP contribution is -2.49. The van der Waals surface area contributed by atoms with Crippen LogP contribution < -0.4 is 10.6 Å². The monoisotopic (exact) mass is 304 g/mol. The number of carboxylic acids is 3. The third-order valence-electron chi connectivity index (χ3n) is 2.64. The van der Waals surface area contributed by atoms with Crippen LogP contribution in [0.2, 0.25) is 0 Å². The maximum absolute atomic E-state index is 11.6. The second-order valence-electron chi connectivity index (χ2n) is 4.52. The predicted octanol–water partition coefficient (Wildman–Crippen LogP) is 0.247. The lowest BCUT2D eigenvalue weighted by molar-refractivity contribution is -0.141. The lowest BCUT2D eigenvalue weighted by Gasteiger charge is -2.19. The third-order valence-corrected chi connectivity index (χ3v) is 2.64. The minimum Gasteiger partial charge on any atom is -0.481 e. The van der Waals surface area contributed by atoms with E-state index in [0.717, 1.165) is 0 Å². The molecule has 0 aliphatic carbocycles. The highest BCUT2D eigenvalue weighted by Gasteiger charge is 2.22. The van der Waals surface area contributed by atoms with Crippen molar-refractivity contribution in [1.29, 1.82) is 0 Å². The Kier molecular flexibility index (Phi) is 8.51. The number of amides is 2. The average Bonchev–Trinajstić information content (AvgIpc) is 2.33. The van der Waals surface area contributed by atoms with Crippen molar-refractivity contribution >= 4 is 23.9 Å².